The summed E-state index contributed by atoms with van der Waals surface area (Å²) < 4.78 is 26.9. The summed E-state index contributed by atoms with van der Waals surface area (Å²) in [6.07, 6.45) is 8.44. The van der Waals surface area contributed by atoms with Crippen LogP contribution in [-0.4, -0.2) is 41.8 Å². The van der Waals surface area contributed by atoms with Gasteiger partial charge in [-0.25, -0.2) is 8.42 Å². The van der Waals surface area contributed by atoms with Crippen LogP contribution in [0.4, 0.5) is 0 Å². The highest BCUT2D eigenvalue weighted by Gasteiger charge is 2.46. The van der Waals surface area contributed by atoms with Gasteiger partial charge >= 0.3 is 0 Å². The second-order valence-corrected chi connectivity index (χ2v) is 8.60. The second kappa shape index (κ2) is 5.34. The lowest BCUT2D eigenvalue weighted by atomic mass is 9.79. The average Bonchev–Trinajstić information content (AvgIpc) is 3.24. The lowest BCUT2D eigenvalue weighted by Gasteiger charge is -2.42. The number of nitrogens with zero attached hydrogens (tertiary/aromatic N) is 1. The van der Waals surface area contributed by atoms with Crippen LogP contribution >= 0.6 is 0 Å². The summed E-state index contributed by atoms with van der Waals surface area (Å²) in [7, 11) is -3.09. The molecule has 110 valence electrons. The molecule has 2 aliphatic carbocycles. The van der Waals surface area contributed by atoms with Gasteiger partial charge in [0.2, 0.25) is 10.0 Å². The molecule has 3 aliphatic rings. The topological polar surface area (TPSA) is 57.6 Å². The first-order chi connectivity index (χ1) is 9.10. The minimum Gasteiger partial charge on any atom is -0.393 e. The van der Waals surface area contributed by atoms with Gasteiger partial charge in [0.1, 0.15) is 0 Å². The highest BCUT2D eigenvalue weighted by atomic mass is 32.2. The van der Waals surface area contributed by atoms with Crippen LogP contribution in [0.5, 0.6) is 0 Å². The predicted octanol–water partition coefficient (Wildman–Crippen LogP) is 1.88. The predicted molar refractivity (Wildman–Crippen MR) is 74.3 cm³/mol. The van der Waals surface area contributed by atoms with Crippen molar-refractivity contribution >= 4 is 10.0 Å². The Morgan fingerprint density at radius 2 is 1.58 bits per heavy atom. The molecule has 2 saturated carbocycles. The molecule has 0 spiro atoms. The van der Waals surface area contributed by atoms with Crippen molar-refractivity contribution in [3.63, 3.8) is 0 Å². The quantitative estimate of drug-likeness (QED) is 0.862. The lowest BCUT2D eigenvalue weighted by Crippen LogP contribution is -2.51. The van der Waals surface area contributed by atoms with Crippen molar-refractivity contribution in [2.75, 3.05) is 6.54 Å². The van der Waals surface area contributed by atoms with Gasteiger partial charge < -0.3 is 5.11 Å². The van der Waals surface area contributed by atoms with E-state index in [0.29, 0.717) is 6.54 Å². The van der Waals surface area contributed by atoms with Crippen LogP contribution in [0.25, 0.3) is 0 Å². The maximum Gasteiger partial charge on any atom is 0.217 e. The molecule has 4 nitrogen and oxygen atoms in total. The first-order valence-electron chi connectivity index (χ1n) is 7.79. The molecule has 3 atom stereocenters. The van der Waals surface area contributed by atoms with Gasteiger partial charge in [0.25, 0.3) is 0 Å². The maximum absolute atomic E-state index is 12.6. The van der Waals surface area contributed by atoms with E-state index in [2.05, 4.69) is 0 Å². The molecule has 0 bridgehead atoms. The first-order valence-corrected chi connectivity index (χ1v) is 9.30. The molecule has 3 unspecified atom stereocenters. The van der Waals surface area contributed by atoms with E-state index < -0.39 is 10.0 Å². The Hall–Kier alpha value is -0.130. The van der Waals surface area contributed by atoms with Gasteiger partial charge in [-0.15, -0.1) is 0 Å². The minimum absolute atomic E-state index is 0.0645. The lowest BCUT2D eigenvalue weighted by molar-refractivity contribution is 0.0203. The molecular weight excluding hydrogens is 262 g/mol. The fourth-order valence-corrected chi connectivity index (χ4v) is 5.96. The van der Waals surface area contributed by atoms with Crippen LogP contribution in [0.1, 0.15) is 57.8 Å². The fourth-order valence-electron chi connectivity index (χ4n) is 3.82. The molecule has 0 amide bonds. The molecular formula is C14H25NO3S. The number of sulfonamides is 1. The smallest absolute Gasteiger partial charge is 0.217 e. The summed E-state index contributed by atoms with van der Waals surface area (Å²) in [5.41, 5.74) is 0. The van der Waals surface area contributed by atoms with E-state index in [1.165, 1.54) is 0 Å². The van der Waals surface area contributed by atoms with Gasteiger partial charge in [0.15, 0.2) is 0 Å². The van der Waals surface area contributed by atoms with Crippen molar-refractivity contribution < 1.29 is 13.5 Å². The number of aliphatic hydroxyl groups excluding tert-OH is 1. The Morgan fingerprint density at radius 3 is 2.26 bits per heavy atom. The summed E-state index contributed by atoms with van der Waals surface area (Å²) in [4.78, 5) is 0. The van der Waals surface area contributed by atoms with Gasteiger partial charge in [-0.3, -0.25) is 0 Å². The Morgan fingerprint density at radius 1 is 0.895 bits per heavy atom. The van der Waals surface area contributed by atoms with Crippen LogP contribution in [0.15, 0.2) is 0 Å². The third kappa shape index (κ3) is 2.69. The molecule has 3 fully saturated rings. The fraction of sp³-hybridized carbons (Fsp3) is 1.00. The molecule has 0 aromatic heterocycles. The zero-order valence-corrected chi connectivity index (χ0v) is 12.3. The largest absolute Gasteiger partial charge is 0.393 e. The average molecular weight is 287 g/mol. The van der Waals surface area contributed by atoms with Crippen molar-refractivity contribution in [1.29, 1.82) is 0 Å². The Balaban J connectivity index is 1.80. The highest BCUT2D eigenvalue weighted by Crippen LogP contribution is 2.39. The Kier molecular flexibility index (Phi) is 3.89. The number of hydrogen-bond acceptors (Lipinski definition) is 3. The van der Waals surface area contributed by atoms with Crippen molar-refractivity contribution in [2.45, 2.75) is 75.2 Å². The van der Waals surface area contributed by atoms with Crippen molar-refractivity contribution in [2.24, 2.45) is 5.92 Å². The molecule has 1 heterocycles. The van der Waals surface area contributed by atoms with Crippen molar-refractivity contribution in [3.05, 3.63) is 0 Å². The monoisotopic (exact) mass is 287 g/mol. The van der Waals surface area contributed by atoms with E-state index >= 15 is 0 Å². The Labute approximate surface area is 116 Å². The van der Waals surface area contributed by atoms with E-state index in [1.807, 2.05) is 0 Å². The van der Waals surface area contributed by atoms with Gasteiger partial charge in [-0.2, -0.15) is 4.31 Å². The number of hydrogen-bond donors (Lipinski definition) is 1. The normalized spacial score (nSPS) is 38.3. The van der Waals surface area contributed by atoms with E-state index in [-0.39, 0.29) is 23.3 Å². The Bertz CT molecular complexity index is 418. The van der Waals surface area contributed by atoms with Crippen molar-refractivity contribution in [1.82, 2.24) is 4.31 Å². The molecule has 0 aromatic carbocycles. The van der Waals surface area contributed by atoms with Crippen LogP contribution in [0.3, 0.4) is 0 Å². The molecule has 1 aliphatic heterocycles. The number of rotatable bonds is 3. The van der Waals surface area contributed by atoms with E-state index in [4.69, 9.17) is 0 Å². The van der Waals surface area contributed by atoms with Crippen LogP contribution in [0, 0.1) is 5.92 Å². The molecule has 3 rings (SSSR count). The zero-order valence-electron chi connectivity index (χ0n) is 11.5. The maximum atomic E-state index is 12.6. The summed E-state index contributed by atoms with van der Waals surface area (Å²) >= 11 is 0. The zero-order chi connectivity index (χ0) is 13.5. The molecule has 0 aromatic rings. The molecule has 19 heavy (non-hydrogen) atoms. The number of piperidine rings is 1. The summed E-state index contributed by atoms with van der Waals surface area (Å²) in [5.74, 6) is 0.169. The van der Waals surface area contributed by atoms with Gasteiger partial charge in [0.05, 0.1) is 11.4 Å². The third-order valence-electron chi connectivity index (χ3n) is 5.05. The second-order valence-electron chi connectivity index (χ2n) is 6.43. The highest BCUT2D eigenvalue weighted by molar-refractivity contribution is 7.90. The number of aliphatic hydroxyl groups is 1. The van der Waals surface area contributed by atoms with E-state index in [0.717, 1.165) is 57.8 Å². The van der Waals surface area contributed by atoms with Crippen molar-refractivity contribution in [3.8, 4) is 0 Å². The van der Waals surface area contributed by atoms with Crippen LogP contribution in [-0.2, 0) is 10.0 Å². The van der Waals surface area contributed by atoms with Crippen LogP contribution < -0.4 is 0 Å². The SMILES string of the molecule is O=S(=O)(C1CC1)N1CCCCC1C1CCCCC1O. The molecule has 0 radical (unpaired) electrons. The summed E-state index contributed by atoms with van der Waals surface area (Å²) in [5, 5.41) is 10.1. The summed E-state index contributed by atoms with van der Waals surface area (Å²) in [6.45, 7) is 0.673. The van der Waals surface area contributed by atoms with E-state index in [1.54, 1.807) is 4.31 Å². The third-order valence-corrected chi connectivity index (χ3v) is 7.47. The van der Waals surface area contributed by atoms with Gasteiger partial charge in [-0.05, 0) is 38.5 Å². The van der Waals surface area contributed by atoms with Gasteiger partial charge in [0, 0.05) is 18.5 Å². The minimum atomic E-state index is -3.09. The standard InChI is InChI=1S/C14H25NO3S/c16-14-7-2-1-5-12(14)13-6-3-4-10-15(13)19(17,18)11-8-9-11/h11-14,16H,1-10H2. The summed E-state index contributed by atoms with van der Waals surface area (Å²) in [6, 6.07) is 0.0645. The van der Waals surface area contributed by atoms with Gasteiger partial charge in [-0.1, -0.05) is 19.3 Å². The molecule has 1 saturated heterocycles. The molecule has 1 N–H and O–H groups in total. The van der Waals surface area contributed by atoms with Crippen LogP contribution in [0.2, 0.25) is 0 Å². The molecule has 5 heteroatoms. The first kappa shape index (κ1) is 13.8. The van der Waals surface area contributed by atoms with E-state index in [9.17, 15) is 13.5 Å².